The predicted octanol–water partition coefficient (Wildman–Crippen LogP) is 5.54. The van der Waals surface area contributed by atoms with E-state index in [1.165, 1.54) is 11.1 Å². The molecule has 1 nitrogen and oxygen atoms in total. The molecule has 0 N–H and O–H groups in total. The Morgan fingerprint density at radius 3 is 2.10 bits per heavy atom. The molecule has 2 heteroatoms. The van der Waals surface area contributed by atoms with Crippen molar-refractivity contribution < 1.29 is 0 Å². The SMILES string of the molecule is Cl/C1=N/C(c2ccccc2)=C\C(c2ccccc2)=C/CC1. The van der Waals surface area contributed by atoms with E-state index in [0.717, 1.165) is 24.1 Å². The topological polar surface area (TPSA) is 12.4 Å². The van der Waals surface area contributed by atoms with Gasteiger partial charge >= 0.3 is 0 Å². The third-order valence-electron chi connectivity index (χ3n) is 3.43. The van der Waals surface area contributed by atoms with Crippen LogP contribution in [-0.2, 0) is 0 Å². The molecule has 1 heterocycles. The molecule has 0 unspecified atom stereocenters. The highest BCUT2D eigenvalue weighted by atomic mass is 35.5. The summed E-state index contributed by atoms with van der Waals surface area (Å²) in [6.45, 7) is 0. The monoisotopic (exact) mass is 293 g/mol. The summed E-state index contributed by atoms with van der Waals surface area (Å²) in [6, 6.07) is 20.6. The van der Waals surface area contributed by atoms with Crippen LogP contribution in [0.15, 0.2) is 77.8 Å². The van der Waals surface area contributed by atoms with E-state index in [-0.39, 0.29) is 0 Å². The van der Waals surface area contributed by atoms with Gasteiger partial charge in [0.1, 0.15) is 5.17 Å². The zero-order valence-electron chi connectivity index (χ0n) is 11.7. The molecule has 104 valence electrons. The summed E-state index contributed by atoms with van der Waals surface area (Å²) in [5, 5.41) is 0.661. The summed E-state index contributed by atoms with van der Waals surface area (Å²) in [5.41, 5.74) is 4.40. The van der Waals surface area contributed by atoms with Gasteiger partial charge in [0, 0.05) is 12.0 Å². The minimum absolute atomic E-state index is 0.661. The summed E-state index contributed by atoms with van der Waals surface area (Å²) in [6.07, 6.45) is 6.04. The molecule has 0 saturated heterocycles. The first-order chi connectivity index (χ1) is 10.3. The van der Waals surface area contributed by atoms with Crippen molar-refractivity contribution in [3.63, 3.8) is 0 Å². The van der Waals surface area contributed by atoms with Crippen LogP contribution >= 0.6 is 11.6 Å². The summed E-state index contributed by atoms with van der Waals surface area (Å²) in [5.74, 6) is 0. The molecule has 21 heavy (non-hydrogen) atoms. The second kappa shape index (κ2) is 6.55. The van der Waals surface area contributed by atoms with E-state index in [1.54, 1.807) is 0 Å². The van der Waals surface area contributed by atoms with Crippen LogP contribution in [0.5, 0.6) is 0 Å². The Balaban J connectivity index is 2.07. The van der Waals surface area contributed by atoms with Crippen molar-refractivity contribution in [3.8, 4) is 0 Å². The lowest BCUT2D eigenvalue weighted by Gasteiger charge is -2.10. The van der Waals surface area contributed by atoms with Crippen molar-refractivity contribution >= 4 is 28.0 Å². The molecule has 0 fully saturated rings. The van der Waals surface area contributed by atoms with Gasteiger partial charge in [0.25, 0.3) is 0 Å². The van der Waals surface area contributed by atoms with Crippen LogP contribution < -0.4 is 0 Å². The number of benzene rings is 2. The van der Waals surface area contributed by atoms with Gasteiger partial charge in [-0.25, -0.2) is 4.99 Å². The molecule has 0 spiro atoms. The molecule has 0 saturated carbocycles. The molecule has 3 rings (SSSR count). The molecular weight excluding hydrogens is 278 g/mol. The van der Waals surface area contributed by atoms with E-state index < -0.39 is 0 Å². The number of hydrogen-bond donors (Lipinski definition) is 0. The van der Waals surface area contributed by atoms with Crippen LogP contribution in [0, 0.1) is 0 Å². The Kier molecular flexibility index (Phi) is 4.32. The third kappa shape index (κ3) is 3.50. The van der Waals surface area contributed by atoms with E-state index in [2.05, 4.69) is 53.5 Å². The quantitative estimate of drug-likeness (QED) is 0.689. The van der Waals surface area contributed by atoms with Gasteiger partial charge in [0.05, 0.1) is 5.70 Å². The van der Waals surface area contributed by atoms with Crippen molar-refractivity contribution in [2.24, 2.45) is 4.99 Å². The van der Waals surface area contributed by atoms with Gasteiger partial charge in [-0.05, 0) is 23.6 Å². The summed E-state index contributed by atoms with van der Waals surface area (Å²) in [7, 11) is 0. The number of aliphatic imine (C=N–C) groups is 1. The maximum atomic E-state index is 6.21. The normalized spacial score (nSPS) is 22.8. The molecule has 2 aromatic rings. The first-order valence-electron chi connectivity index (χ1n) is 7.09. The molecular formula is C19H16ClN. The molecule has 0 aliphatic carbocycles. The Bertz CT molecular complexity index is 697. The molecule has 1 aliphatic heterocycles. The summed E-state index contributed by atoms with van der Waals surface area (Å²) in [4.78, 5) is 4.58. The van der Waals surface area contributed by atoms with Crippen LogP contribution in [0.2, 0.25) is 0 Å². The van der Waals surface area contributed by atoms with Crippen molar-refractivity contribution in [2.75, 3.05) is 0 Å². The molecule has 0 atom stereocenters. The highest BCUT2D eigenvalue weighted by Crippen LogP contribution is 2.27. The number of nitrogens with zero attached hydrogens (tertiary/aromatic N) is 1. The maximum Gasteiger partial charge on any atom is 0.107 e. The lowest BCUT2D eigenvalue weighted by molar-refractivity contribution is 1.11. The van der Waals surface area contributed by atoms with Crippen molar-refractivity contribution in [3.05, 3.63) is 83.9 Å². The lowest BCUT2D eigenvalue weighted by Crippen LogP contribution is -1.94. The van der Waals surface area contributed by atoms with E-state index in [4.69, 9.17) is 11.6 Å². The summed E-state index contributed by atoms with van der Waals surface area (Å²) < 4.78 is 0. The van der Waals surface area contributed by atoms with Crippen LogP contribution in [0.25, 0.3) is 11.3 Å². The molecule has 0 radical (unpaired) electrons. The summed E-state index contributed by atoms with van der Waals surface area (Å²) >= 11 is 6.21. The van der Waals surface area contributed by atoms with Gasteiger partial charge in [-0.15, -0.1) is 0 Å². The Morgan fingerprint density at radius 2 is 1.43 bits per heavy atom. The number of halogens is 1. The molecule has 1 aliphatic rings. The van der Waals surface area contributed by atoms with Crippen LogP contribution in [-0.4, -0.2) is 5.17 Å². The second-order valence-corrected chi connectivity index (χ2v) is 5.38. The molecule has 2 aromatic carbocycles. The van der Waals surface area contributed by atoms with Gasteiger partial charge in [-0.3, -0.25) is 0 Å². The van der Waals surface area contributed by atoms with Crippen molar-refractivity contribution in [2.45, 2.75) is 12.8 Å². The molecule has 0 aromatic heterocycles. The average Bonchev–Trinajstić information content (AvgIpc) is 2.52. The third-order valence-corrected chi connectivity index (χ3v) is 3.70. The minimum atomic E-state index is 0.661. The zero-order valence-corrected chi connectivity index (χ0v) is 12.4. The average molecular weight is 294 g/mol. The van der Waals surface area contributed by atoms with Crippen molar-refractivity contribution in [1.82, 2.24) is 0 Å². The second-order valence-electron chi connectivity index (χ2n) is 4.95. The Labute approximate surface area is 130 Å². The first-order valence-corrected chi connectivity index (χ1v) is 7.46. The van der Waals surface area contributed by atoms with E-state index in [9.17, 15) is 0 Å². The highest BCUT2D eigenvalue weighted by molar-refractivity contribution is 6.65. The van der Waals surface area contributed by atoms with Crippen LogP contribution in [0.1, 0.15) is 24.0 Å². The van der Waals surface area contributed by atoms with Gasteiger partial charge in [0.15, 0.2) is 0 Å². The van der Waals surface area contributed by atoms with Gasteiger partial charge in [-0.1, -0.05) is 78.3 Å². The van der Waals surface area contributed by atoms with Crippen LogP contribution in [0.3, 0.4) is 0 Å². The van der Waals surface area contributed by atoms with E-state index in [0.29, 0.717) is 5.17 Å². The number of hydrogen-bond acceptors (Lipinski definition) is 1. The van der Waals surface area contributed by atoms with Crippen molar-refractivity contribution in [1.29, 1.82) is 0 Å². The van der Waals surface area contributed by atoms with Gasteiger partial charge < -0.3 is 0 Å². The smallest absolute Gasteiger partial charge is 0.107 e. The first kappa shape index (κ1) is 13.8. The van der Waals surface area contributed by atoms with Gasteiger partial charge in [0.2, 0.25) is 0 Å². The maximum absolute atomic E-state index is 6.21. The van der Waals surface area contributed by atoms with Crippen LogP contribution in [0.4, 0.5) is 0 Å². The van der Waals surface area contributed by atoms with Gasteiger partial charge in [-0.2, -0.15) is 0 Å². The van der Waals surface area contributed by atoms with E-state index in [1.807, 2.05) is 24.3 Å². The number of allylic oxidation sites excluding steroid dienone is 3. The minimum Gasteiger partial charge on any atom is -0.241 e. The Morgan fingerprint density at radius 1 is 0.810 bits per heavy atom. The largest absolute Gasteiger partial charge is 0.241 e. The molecule has 0 amide bonds. The predicted molar refractivity (Wildman–Crippen MR) is 91.4 cm³/mol. The molecule has 0 bridgehead atoms. The fourth-order valence-electron chi connectivity index (χ4n) is 2.36. The fourth-order valence-corrected chi connectivity index (χ4v) is 2.56. The highest BCUT2D eigenvalue weighted by Gasteiger charge is 2.08. The fraction of sp³-hybridized carbons (Fsp3) is 0.105. The zero-order chi connectivity index (χ0) is 14.5. The standard InChI is InChI=1S/C19H16ClN/c20-19-13-7-12-17(15-8-3-1-4-9-15)14-18(21-19)16-10-5-2-6-11-16/h1-6,8-12,14H,7,13H2/b17-12+,18-14-,21-19+. The number of rotatable bonds is 2. The van der Waals surface area contributed by atoms with E-state index >= 15 is 0 Å². The lowest BCUT2D eigenvalue weighted by atomic mass is 10.0. The Hall–Kier alpha value is -2.12.